The summed E-state index contributed by atoms with van der Waals surface area (Å²) >= 11 is 0. The Bertz CT molecular complexity index is 397. The minimum Gasteiger partial charge on any atom is -0.284 e. The van der Waals surface area contributed by atoms with Crippen LogP contribution in [0.3, 0.4) is 0 Å². The fraction of sp³-hybridized carbons (Fsp3) is 0.400. The topological polar surface area (TPSA) is 66.1 Å². The lowest BCUT2D eigenvalue weighted by molar-refractivity contribution is 0.189. The first-order valence-electron chi connectivity index (χ1n) is 4.66. The third kappa shape index (κ3) is 4.80. The van der Waals surface area contributed by atoms with Crippen molar-refractivity contribution in [3.63, 3.8) is 0 Å². The van der Waals surface area contributed by atoms with Crippen LogP contribution in [-0.4, -0.2) is 21.3 Å². The molecule has 0 amide bonds. The van der Waals surface area contributed by atoms with Crippen LogP contribution in [0, 0.1) is 0 Å². The minimum atomic E-state index is -3.21. The van der Waals surface area contributed by atoms with Crippen molar-refractivity contribution in [3.05, 3.63) is 29.8 Å². The van der Waals surface area contributed by atoms with E-state index in [-0.39, 0.29) is 6.61 Å². The summed E-state index contributed by atoms with van der Waals surface area (Å²) in [5, 5.41) is 10.3. The average Bonchev–Trinajstić information content (AvgIpc) is 2.14. The van der Waals surface area contributed by atoms with E-state index in [9.17, 15) is 13.5 Å². The van der Waals surface area contributed by atoms with Crippen LogP contribution in [0.15, 0.2) is 24.3 Å². The van der Waals surface area contributed by atoms with Gasteiger partial charge in [-0.3, -0.25) is 4.72 Å². The molecule has 1 N–H and O–H groups in total. The molecule has 0 saturated carbocycles. The molecular formula is C10H14NO3S. The second-order valence-corrected chi connectivity index (χ2v) is 5.13. The van der Waals surface area contributed by atoms with E-state index in [1.807, 2.05) is 12.1 Å². The Morgan fingerprint density at radius 1 is 1.20 bits per heavy atom. The quantitative estimate of drug-likeness (QED) is 0.828. The predicted molar refractivity (Wildman–Crippen MR) is 58.8 cm³/mol. The number of rotatable bonds is 5. The SMILES string of the molecule is CS(=O)(=O)Nc1ccc(CCC[O])cc1. The van der Waals surface area contributed by atoms with Gasteiger partial charge in [-0.2, -0.15) is 0 Å². The number of benzene rings is 1. The van der Waals surface area contributed by atoms with E-state index in [1.54, 1.807) is 12.1 Å². The molecule has 0 fully saturated rings. The van der Waals surface area contributed by atoms with Crippen molar-refractivity contribution in [1.29, 1.82) is 0 Å². The van der Waals surface area contributed by atoms with Crippen LogP contribution >= 0.6 is 0 Å². The Morgan fingerprint density at radius 3 is 2.27 bits per heavy atom. The molecule has 0 aliphatic carbocycles. The van der Waals surface area contributed by atoms with Gasteiger partial charge in [0.15, 0.2) is 0 Å². The van der Waals surface area contributed by atoms with Crippen molar-refractivity contribution in [2.45, 2.75) is 12.8 Å². The Balaban J connectivity index is 2.64. The molecule has 0 heterocycles. The molecule has 0 saturated heterocycles. The molecule has 0 bridgehead atoms. The lowest BCUT2D eigenvalue weighted by atomic mass is 10.1. The number of anilines is 1. The van der Waals surface area contributed by atoms with E-state index in [0.717, 1.165) is 18.2 Å². The zero-order valence-corrected chi connectivity index (χ0v) is 9.38. The molecule has 1 aromatic carbocycles. The van der Waals surface area contributed by atoms with Crippen molar-refractivity contribution >= 4 is 15.7 Å². The molecule has 0 unspecified atom stereocenters. The molecule has 4 nitrogen and oxygen atoms in total. The highest BCUT2D eigenvalue weighted by atomic mass is 32.2. The maximum Gasteiger partial charge on any atom is 0.229 e. The van der Waals surface area contributed by atoms with Crippen molar-refractivity contribution in [2.75, 3.05) is 17.6 Å². The predicted octanol–water partition coefficient (Wildman–Crippen LogP) is 1.42. The second kappa shape index (κ2) is 5.14. The van der Waals surface area contributed by atoms with Gasteiger partial charge in [0.25, 0.3) is 0 Å². The summed E-state index contributed by atoms with van der Waals surface area (Å²) < 4.78 is 24.2. The van der Waals surface area contributed by atoms with E-state index in [1.165, 1.54) is 0 Å². The van der Waals surface area contributed by atoms with Crippen LogP contribution in [0.5, 0.6) is 0 Å². The number of hydrogen-bond acceptors (Lipinski definition) is 2. The van der Waals surface area contributed by atoms with E-state index in [0.29, 0.717) is 12.1 Å². The van der Waals surface area contributed by atoms with E-state index >= 15 is 0 Å². The van der Waals surface area contributed by atoms with Gasteiger partial charge in [0.1, 0.15) is 0 Å². The van der Waals surface area contributed by atoms with Crippen LogP contribution in [-0.2, 0) is 21.6 Å². The number of aryl methyl sites for hydroxylation is 1. The van der Waals surface area contributed by atoms with Gasteiger partial charge in [0.05, 0.1) is 12.9 Å². The van der Waals surface area contributed by atoms with Gasteiger partial charge in [-0.1, -0.05) is 12.1 Å². The first kappa shape index (κ1) is 12.0. The molecule has 83 valence electrons. The maximum absolute atomic E-state index is 10.9. The van der Waals surface area contributed by atoms with Crippen molar-refractivity contribution in [1.82, 2.24) is 0 Å². The third-order valence-electron chi connectivity index (χ3n) is 1.87. The van der Waals surface area contributed by atoms with Crippen LogP contribution < -0.4 is 4.72 Å². The standard InChI is InChI=1S/C10H14NO3S/c1-15(13,14)11-10-6-4-9(5-7-10)3-2-8-12/h4-7,11H,2-3,8H2,1H3. The molecule has 1 aromatic rings. The van der Waals surface area contributed by atoms with Gasteiger partial charge in [-0.05, 0) is 30.5 Å². The molecule has 0 aromatic heterocycles. The van der Waals surface area contributed by atoms with Gasteiger partial charge in [-0.15, -0.1) is 0 Å². The number of hydrogen-bond donors (Lipinski definition) is 1. The van der Waals surface area contributed by atoms with E-state index < -0.39 is 10.0 Å². The third-order valence-corrected chi connectivity index (χ3v) is 2.47. The molecular weight excluding hydrogens is 214 g/mol. The largest absolute Gasteiger partial charge is 0.284 e. The summed E-state index contributed by atoms with van der Waals surface area (Å²) in [5.74, 6) is 0. The minimum absolute atomic E-state index is 0.0800. The smallest absolute Gasteiger partial charge is 0.229 e. The van der Waals surface area contributed by atoms with Crippen LogP contribution in [0.1, 0.15) is 12.0 Å². The molecule has 5 heteroatoms. The first-order chi connectivity index (χ1) is 7.01. The molecule has 0 spiro atoms. The monoisotopic (exact) mass is 228 g/mol. The van der Waals surface area contributed by atoms with Gasteiger partial charge in [0, 0.05) is 5.69 Å². The van der Waals surface area contributed by atoms with Crippen LogP contribution in [0.2, 0.25) is 0 Å². The van der Waals surface area contributed by atoms with Crippen molar-refractivity contribution in [3.8, 4) is 0 Å². The Kier molecular flexibility index (Phi) is 4.11. The van der Waals surface area contributed by atoms with Gasteiger partial charge in [0.2, 0.25) is 10.0 Å². The number of sulfonamides is 1. The van der Waals surface area contributed by atoms with E-state index in [2.05, 4.69) is 4.72 Å². The molecule has 1 rings (SSSR count). The summed E-state index contributed by atoms with van der Waals surface area (Å²) in [6, 6.07) is 7.04. The molecule has 0 atom stereocenters. The first-order valence-corrected chi connectivity index (χ1v) is 6.55. The lowest BCUT2D eigenvalue weighted by Gasteiger charge is -2.04. The fourth-order valence-corrected chi connectivity index (χ4v) is 1.79. The summed E-state index contributed by atoms with van der Waals surface area (Å²) in [7, 11) is -3.21. The highest BCUT2D eigenvalue weighted by Gasteiger charge is 2.01. The maximum atomic E-state index is 10.9. The van der Waals surface area contributed by atoms with Crippen LogP contribution in [0.4, 0.5) is 5.69 Å². The lowest BCUT2D eigenvalue weighted by Crippen LogP contribution is -2.09. The summed E-state index contributed by atoms with van der Waals surface area (Å²) in [4.78, 5) is 0. The Hall–Kier alpha value is -1.07. The zero-order valence-electron chi connectivity index (χ0n) is 8.56. The second-order valence-electron chi connectivity index (χ2n) is 3.38. The van der Waals surface area contributed by atoms with Gasteiger partial charge < -0.3 is 0 Å². The normalized spacial score (nSPS) is 11.3. The molecule has 0 aliphatic heterocycles. The Morgan fingerprint density at radius 2 is 1.80 bits per heavy atom. The molecule has 0 aliphatic rings. The van der Waals surface area contributed by atoms with Crippen molar-refractivity contribution in [2.24, 2.45) is 0 Å². The van der Waals surface area contributed by atoms with Gasteiger partial charge in [-0.25, -0.2) is 13.5 Å². The fourth-order valence-electron chi connectivity index (χ4n) is 1.23. The zero-order chi connectivity index (χ0) is 11.3. The molecule has 15 heavy (non-hydrogen) atoms. The molecule has 1 radical (unpaired) electrons. The average molecular weight is 228 g/mol. The van der Waals surface area contributed by atoms with Gasteiger partial charge >= 0.3 is 0 Å². The Labute approximate surface area is 90.0 Å². The summed E-state index contributed by atoms with van der Waals surface area (Å²) in [5.41, 5.74) is 1.59. The highest BCUT2D eigenvalue weighted by Crippen LogP contribution is 2.11. The van der Waals surface area contributed by atoms with Crippen molar-refractivity contribution < 1.29 is 13.5 Å². The van der Waals surface area contributed by atoms with E-state index in [4.69, 9.17) is 0 Å². The van der Waals surface area contributed by atoms with Crippen LogP contribution in [0.25, 0.3) is 0 Å². The number of nitrogens with one attached hydrogen (secondary N) is 1. The highest BCUT2D eigenvalue weighted by molar-refractivity contribution is 7.92. The summed E-state index contributed by atoms with van der Waals surface area (Å²) in [6.07, 6.45) is 2.46. The summed E-state index contributed by atoms with van der Waals surface area (Å²) in [6.45, 7) is -0.0800.